The summed E-state index contributed by atoms with van der Waals surface area (Å²) >= 11 is 1.49. The first-order valence-corrected chi connectivity index (χ1v) is 12.1. The Morgan fingerprint density at radius 2 is 1.73 bits per heavy atom. The normalized spacial score (nSPS) is 26.8. The zero-order valence-electron chi connectivity index (χ0n) is 17.7. The van der Waals surface area contributed by atoms with Gasteiger partial charge in [0, 0.05) is 19.8 Å². The fourth-order valence-electron chi connectivity index (χ4n) is 3.12. The van der Waals surface area contributed by atoms with Crippen molar-refractivity contribution in [2.24, 2.45) is 5.92 Å². The summed E-state index contributed by atoms with van der Waals surface area (Å²) in [5.74, 6) is -0.733. The second-order valence-corrected chi connectivity index (χ2v) is 10.0. The summed E-state index contributed by atoms with van der Waals surface area (Å²) in [6, 6.07) is 6.19. The Morgan fingerprint density at radius 3 is 2.27 bits per heavy atom. The number of carbonyl (C=O) groups excluding carboxylic acids is 2. The molecule has 0 amide bonds. The smallest absolute Gasteiger partial charge is 0.303 e. The zero-order valence-corrected chi connectivity index (χ0v) is 19.3. The van der Waals surface area contributed by atoms with Gasteiger partial charge in [-0.3, -0.25) is 13.8 Å². The van der Waals surface area contributed by atoms with Crippen LogP contribution < -0.4 is 0 Å². The molecule has 10 heteroatoms. The molecule has 5 atom stereocenters. The molecule has 8 nitrogen and oxygen atoms in total. The lowest BCUT2D eigenvalue weighted by molar-refractivity contribution is -0.199. The van der Waals surface area contributed by atoms with Gasteiger partial charge in [0.1, 0.15) is 30.4 Å². The van der Waals surface area contributed by atoms with Crippen LogP contribution in [0.2, 0.25) is 0 Å². The van der Waals surface area contributed by atoms with Crippen LogP contribution in [0.3, 0.4) is 0 Å². The minimum absolute atomic E-state index is 0.0291. The van der Waals surface area contributed by atoms with Crippen LogP contribution in [0.15, 0.2) is 29.2 Å². The number of esters is 2. The average Bonchev–Trinajstić information content (AvgIpc) is 2.65. The summed E-state index contributed by atoms with van der Waals surface area (Å²) in [7, 11) is -4.19. The fraction of sp³-hybridized carbons (Fsp3) is 0.600. The van der Waals surface area contributed by atoms with Crippen LogP contribution in [0.1, 0.15) is 33.3 Å². The standard InChI is InChI=1S/C20H28O8S2/c1-6-29-20-13(3)18(26-15(5)22)19(17(27-20)11-25-14(4)21)28-30(23,24)16-9-7-12(2)8-10-16/h7-10,13,17-20H,6,11H2,1-5H3/t13?,17?,18?,19?,20-/m0/s1. The molecule has 1 heterocycles. The molecule has 0 saturated carbocycles. The van der Waals surface area contributed by atoms with Crippen LogP contribution in [-0.2, 0) is 38.1 Å². The van der Waals surface area contributed by atoms with Gasteiger partial charge in [-0.1, -0.05) is 31.5 Å². The van der Waals surface area contributed by atoms with Gasteiger partial charge >= 0.3 is 11.9 Å². The molecule has 0 aromatic heterocycles. The Bertz CT molecular complexity index is 837. The van der Waals surface area contributed by atoms with Crippen molar-refractivity contribution in [3.63, 3.8) is 0 Å². The third-order valence-electron chi connectivity index (χ3n) is 4.58. The Hall–Kier alpha value is -1.62. The van der Waals surface area contributed by atoms with E-state index in [2.05, 4.69) is 0 Å². The van der Waals surface area contributed by atoms with Crippen molar-refractivity contribution in [2.45, 2.75) is 63.3 Å². The lowest BCUT2D eigenvalue weighted by Crippen LogP contribution is -2.57. The van der Waals surface area contributed by atoms with Crippen LogP contribution in [0, 0.1) is 12.8 Å². The highest BCUT2D eigenvalue weighted by Gasteiger charge is 2.49. The number of rotatable bonds is 8. The number of thioether (sulfide) groups is 1. The van der Waals surface area contributed by atoms with E-state index >= 15 is 0 Å². The van der Waals surface area contributed by atoms with Gasteiger partial charge in [-0.25, -0.2) is 0 Å². The molecule has 1 aliphatic heterocycles. The van der Waals surface area contributed by atoms with Gasteiger partial charge in [-0.05, 0) is 24.8 Å². The van der Waals surface area contributed by atoms with Crippen molar-refractivity contribution >= 4 is 33.8 Å². The minimum Gasteiger partial charge on any atom is -0.463 e. The first-order chi connectivity index (χ1) is 14.0. The SMILES string of the molecule is CCS[C@@H]1OC(COC(C)=O)C(OS(=O)(=O)c2ccc(C)cc2)C(OC(C)=O)C1C. The largest absolute Gasteiger partial charge is 0.463 e. The topological polar surface area (TPSA) is 105 Å². The van der Waals surface area contributed by atoms with E-state index in [1.165, 1.54) is 37.7 Å². The molecule has 1 aromatic carbocycles. The maximum Gasteiger partial charge on any atom is 0.303 e. The predicted molar refractivity (Wildman–Crippen MR) is 111 cm³/mol. The number of ether oxygens (including phenoxy) is 3. The van der Waals surface area contributed by atoms with Crippen molar-refractivity contribution in [3.05, 3.63) is 29.8 Å². The van der Waals surface area contributed by atoms with E-state index in [0.29, 0.717) is 0 Å². The van der Waals surface area contributed by atoms with Crippen molar-refractivity contribution < 1.29 is 36.4 Å². The quantitative estimate of drug-likeness (QED) is 0.427. The first kappa shape index (κ1) is 24.6. The van der Waals surface area contributed by atoms with Crippen LogP contribution in [-0.4, -0.2) is 56.5 Å². The molecule has 2 rings (SSSR count). The number of hydrogen-bond donors (Lipinski definition) is 0. The lowest BCUT2D eigenvalue weighted by Gasteiger charge is -2.43. The highest BCUT2D eigenvalue weighted by atomic mass is 32.2. The fourth-order valence-corrected chi connectivity index (χ4v) is 5.23. The molecular weight excluding hydrogens is 432 g/mol. The van der Waals surface area contributed by atoms with Gasteiger partial charge in [-0.2, -0.15) is 8.42 Å². The Morgan fingerprint density at radius 1 is 1.10 bits per heavy atom. The summed E-state index contributed by atoms with van der Waals surface area (Å²) in [6.07, 6.45) is -3.01. The van der Waals surface area contributed by atoms with Crippen LogP contribution in [0.4, 0.5) is 0 Å². The molecule has 168 valence electrons. The monoisotopic (exact) mass is 460 g/mol. The second kappa shape index (κ2) is 10.6. The molecule has 1 fully saturated rings. The van der Waals surface area contributed by atoms with Gasteiger partial charge in [0.05, 0.1) is 4.90 Å². The van der Waals surface area contributed by atoms with E-state index in [-0.39, 0.29) is 22.9 Å². The zero-order chi connectivity index (χ0) is 22.5. The van der Waals surface area contributed by atoms with Crippen LogP contribution in [0.5, 0.6) is 0 Å². The molecular formula is C20H28O8S2. The van der Waals surface area contributed by atoms with Crippen molar-refractivity contribution in [1.82, 2.24) is 0 Å². The van der Waals surface area contributed by atoms with E-state index in [9.17, 15) is 18.0 Å². The Kier molecular flexibility index (Phi) is 8.72. The second-order valence-electron chi connectivity index (χ2n) is 7.06. The maximum atomic E-state index is 12.9. The molecule has 1 aromatic rings. The third-order valence-corrected chi connectivity index (χ3v) is 7.11. The summed E-state index contributed by atoms with van der Waals surface area (Å²) in [4.78, 5) is 23.1. The molecule has 1 saturated heterocycles. The Labute approximate surface area is 181 Å². The molecule has 0 bridgehead atoms. The number of aryl methyl sites for hydroxylation is 1. The number of benzene rings is 1. The molecule has 0 N–H and O–H groups in total. The van der Waals surface area contributed by atoms with Gasteiger partial charge < -0.3 is 14.2 Å². The van der Waals surface area contributed by atoms with Gasteiger partial charge in [0.15, 0.2) is 0 Å². The molecule has 1 aliphatic rings. The summed E-state index contributed by atoms with van der Waals surface area (Å²) in [6.45, 7) is 7.86. The van der Waals surface area contributed by atoms with E-state index in [0.717, 1.165) is 11.3 Å². The lowest BCUT2D eigenvalue weighted by atomic mass is 9.93. The van der Waals surface area contributed by atoms with Gasteiger partial charge in [0.2, 0.25) is 0 Å². The van der Waals surface area contributed by atoms with Gasteiger partial charge in [0.25, 0.3) is 10.1 Å². The molecule has 30 heavy (non-hydrogen) atoms. The Balaban J connectivity index is 2.39. The van der Waals surface area contributed by atoms with E-state index in [4.69, 9.17) is 18.4 Å². The molecule has 0 spiro atoms. The summed E-state index contributed by atoms with van der Waals surface area (Å²) < 4.78 is 47.9. The average molecular weight is 461 g/mol. The summed E-state index contributed by atoms with van der Waals surface area (Å²) in [5.41, 5.74) is 0.510. The number of hydrogen-bond acceptors (Lipinski definition) is 9. The van der Waals surface area contributed by atoms with Crippen molar-refractivity contribution in [3.8, 4) is 0 Å². The first-order valence-electron chi connectivity index (χ1n) is 9.62. The van der Waals surface area contributed by atoms with Gasteiger partial charge in [-0.15, -0.1) is 11.8 Å². The van der Waals surface area contributed by atoms with Crippen molar-refractivity contribution in [1.29, 1.82) is 0 Å². The van der Waals surface area contributed by atoms with E-state index < -0.39 is 40.4 Å². The third kappa shape index (κ3) is 6.44. The molecule has 0 aliphatic carbocycles. The summed E-state index contributed by atoms with van der Waals surface area (Å²) in [5, 5.41) is 0. The minimum atomic E-state index is -4.19. The molecule has 4 unspecified atom stereocenters. The van der Waals surface area contributed by atoms with Crippen LogP contribution >= 0.6 is 11.8 Å². The highest BCUT2D eigenvalue weighted by Crippen LogP contribution is 2.37. The maximum absolute atomic E-state index is 12.9. The van der Waals surface area contributed by atoms with Crippen molar-refractivity contribution in [2.75, 3.05) is 12.4 Å². The number of carbonyl (C=O) groups is 2. The van der Waals surface area contributed by atoms with Crippen LogP contribution in [0.25, 0.3) is 0 Å². The van der Waals surface area contributed by atoms with E-state index in [1.807, 2.05) is 13.8 Å². The highest BCUT2D eigenvalue weighted by molar-refractivity contribution is 7.99. The van der Waals surface area contributed by atoms with E-state index in [1.54, 1.807) is 19.1 Å². The predicted octanol–water partition coefficient (Wildman–Crippen LogP) is 2.68. The molecule has 0 radical (unpaired) electrons.